The molecule has 0 radical (unpaired) electrons. The minimum absolute atomic E-state index is 0.234. The Bertz CT molecular complexity index is 463. The maximum Gasteiger partial charge on any atom is 0.408 e. The average Bonchev–Trinajstić information content (AvgIpc) is 2.22. The molecule has 0 saturated heterocycles. The lowest BCUT2D eigenvalue weighted by molar-refractivity contribution is 0.0996. The molecule has 3 nitrogen and oxygen atoms in total. The summed E-state index contributed by atoms with van der Waals surface area (Å²) in [5.41, 5.74) is -0.185. The summed E-state index contributed by atoms with van der Waals surface area (Å²) in [6.45, 7) is 6.96. The van der Waals surface area contributed by atoms with E-state index in [0.717, 1.165) is 12.1 Å². The second-order valence-corrected chi connectivity index (χ2v) is 6.01. The second-order valence-electron chi connectivity index (χ2n) is 5.22. The van der Waals surface area contributed by atoms with E-state index < -0.39 is 29.4 Å². The van der Waals surface area contributed by atoms with E-state index in [1.54, 1.807) is 27.7 Å². The van der Waals surface area contributed by atoms with Crippen LogP contribution in [0.25, 0.3) is 0 Å². The number of ether oxygens (including phenoxy) is 1. The molecule has 1 aromatic carbocycles. The molecule has 1 amide bonds. The number of alkyl carbamates (subject to hydrolysis) is 1. The lowest BCUT2D eigenvalue weighted by atomic mass is 10.1. The zero-order valence-electron chi connectivity index (χ0n) is 11.2. The number of halogens is 3. The van der Waals surface area contributed by atoms with Crippen molar-refractivity contribution in [3.05, 3.63) is 33.8 Å². The highest BCUT2D eigenvalue weighted by Crippen LogP contribution is 2.26. The van der Waals surface area contributed by atoms with Gasteiger partial charge in [-0.15, -0.1) is 0 Å². The number of nitrogens with one attached hydrogen (secondary N) is 1. The molecule has 1 atom stereocenters. The third-order valence-corrected chi connectivity index (χ3v) is 2.99. The molecule has 0 aliphatic heterocycles. The zero-order chi connectivity index (χ0) is 14.8. The number of benzene rings is 1. The summed E-state index contributed by atoms with van der Waals surface area (Å²) in [6, 6.07) is 2.25. The van der Waals surface area contributed by atoms with Crippen molar-refractivity contribution in [1.29, 1.82) is 0 Å². The van der Waals surface area contributed by atoms with E-state index in [9.17, 15) is 13.6 Å². The fraction of sp³-hybridized carbons (Fsp3) is 0.462. The Labute approximate surface area is 119 Å². The summed E-state index contributed by atoms with van der Waals surface area (Å²) in [5.74, 6) is -1.47. The molecule has 19 heavy (non-hydrogen) atoms. The predicted molar refractivity (Wildman–Crippen MR) is 71.8 cm³/mol. The summed E-state index contributed by atoms with van der Waals surface area (Å²) in [6.07, 6.45) is -1.39. The topological polar surface area (TPSA) is 38.3 Å². The number of hydrogen-bond donors (Lipinski definition) is 1. The van der Waals surface area contributed by atoms with Gasteiger partial charge in [0, 0.05) is 5.54 Å². The summed E-state index contributed by atoms with van der Waals surface area (Å²) < 4.78 is 31.6. The first-order valence-corrected chi connectivity index (χ1v) is 6.52. The molecule has 6 heteroatoms. The zero-order valence-corrected chi connectivity index (χ0v) is 12.8. The van der Waals surface area contributed by atoms with Crippen LogP contribution in [-0.4, -0.2) is 11.6 Å². The van der Waals surface area contributed by atoms with Gasteiger partial charge in [-0.25, -0.2) is 13.6 Å². The third kappa shape index (κ3) is 4.78. The van der Waals surface area contributed by atoms with Crippen LogP contribution in [0.15, 0.2) is 16.6 Å². The number of carbonyl (C=O) groups excluding carboxylic acids is 1. The van der Waals surface area contributed by atoms with Crippen LogP contribution in [0.4, 0.5) is 13.6 Å². The largest absolute Gasteiger partial charge is 0.442 e. The average molecular weight is 336 g/mol. The third-order valence-electron chi connectivity index (χ3n) is 2.24. The fourth-order valence-corrected chi connectivity index (χ4v) is 1.60. The van der Waals surface area contributed by atoms with E-state index in [2.05, 4.69) is 21.2 Å². The number of amides is 1. The van der Waals surface area contributed by atoms with Gasteiger partial charge in [0.05, 0.1) is 4.47 Å². The standard InChI is InChI=1S/C13H16BrF2NO2/c1-7(19-12(18)17-13(2,3)4)8-5-9(15)11(14)10(16)6-8/h5-7H,1-4H3,(H,17,18)/t7-/m0/s1. The van der Waals surface area contributed by atoms with Gasteiger partial charge in [-0.2, -0.15) is 0 Å². The Morgan fingerprint density at radius 1 is 1.32 bits per heavy atom. The lowest BCUT2D eigenvalue weighted by Crippen LogP contribution is -2.41. The predicted octanol–water partition coefficient (Wildman–Crippen LogP) is 4.31. The van der Waals surface area contributed by atoms with Gasteiger partial charge in [0.1, 0.15) is 17.7 Å². The first kappa shape index (κ1) is 15.9. The van der Waals surface area contributed by atoms with E-state index >= 15 is 0 Å². The monoisotopic (exact) mass is 335 g/mol. The maximum absolute atomic E-state index is 13.4. The minimum atomic E-state index is -0.751. The molecule has 1 N–H and O–H groups in total. The Kier molecular flexibility index (Phi) is 4.90. The molecule has 0 heterocycles. The van der Waals surface area contributed by atoms with E-state index in [4.69, 9.17) is 4.74 Å². The van der Waals surface area contributed by atoms with Crippen molar-refractivity contribution >= 4 is 22.0 Å². The first-order chi connectivity index (χ1) is 8.60. The summed E-state index contributed by atoms with van der Waals surface area (Å²) >= 11 is 2.78. The van der Waals surface area contributed by atoms with Crippen LogP contribution in [0, 0.1) is 11.6 Å². The Balaban J connectivity index is 2.79. The van der Waals surface area contributed by atoms with Crippen molar-refractivity contribution in [3.8, 4) is 0 Å². The molecule has 0 aromatic heterocycles. The van der Waals surface area contributed by atoms with Gasteiger partial charge >= 0.3 is 6.09 Å². The van der Waals surface area contributed by atoms with Gasteiger partial charge in [-0.1, -0.05) is 0 Å². The number of carbonyl (C=O) groups is 1. The molecule has 0 spiro atoms. The normalized spacial score (nSPS) is 13.0. The molecule has 1 rings (SSSR count). The minimum Gasteiger partial charge on any atom is -0.442 e. The highest BCUT2D eigenvalue weighted by atomic mass is 79.9. The van der Waals surface area contributed by atoms with Crippen LogP contribution < -0.4 is 5.32 Å². The first-order valence-electron chi connectivity index (χ1n) is 5.73. The molecule has 0 bridgehead atoms. The SMILES string of the molecule is C[C@H](OC(=O)NC(C)(C)C)c1cc(F)c(Br)c(F)c1. The number of hydrogen-bond acceptors (Lipinski definition) is 2. The van der Waals surface area contributed by atoms with Crippen LogP contribution in [0.2, 0.25) is 0 Å². The molecule has 0 aliphatic rings. The van der Waals surface area contributed by atoms with Gasteiger partial charge in [0.25, 0.3) is 0 Å². The van der Waals surface area contributed by atoms with E-state index in [-0.39, 0.29) is 10.0 Å². The van der Waals surface area contributed by atoms with E-state index in [0.29, 0.717) is 0 Å². The fourth-order valence-electron chi connectivity index (χ4n) is 1.37. The van der Waals surface area contributed by atoms with Crippen molar-refractivity contribution in [2.45, 2.75) is 39.3 Å². The molecule has 0 aliphatic carbocycles. The van der Waals surface area contributed by atoms with Crippen LogP contribution >= 0.6 is 15.9 Å². The van der Waals surface area contributed by atoms with Crippen molar-refractivity contribution in [2.75, 3.05) is 0 Å². The number of rotatable bonds is 2. The van der Waals surface area contributed by atoms with Gasteiger partial charge in [0.2, 0.25) is 0 Å². The van der Waals surface area contributed by atoms with Crippen LogP contribution in [0.5, 0.6) is 0 Å². The van der Waals surface area contributed by atoms with Crippen molar-refractivity contribution < 1.29 is 18.3 Å². The smallest absolute Gasteiger partial charge is 0.408 e. The van der Waals surface area contributed by atoms with Crippen molar-refractivity contribution in [2.24, 2.45) is 0 Å². The van der Waals surface area contributed by atoms with E-state index in [1.165, 1.54) is 0 Å². The molecule has 0 saturated carbocycles. The van der Waals surface area contributed by atoms with Crippen LogP contribution in [0.3, 0.4) is 0 Å². The summed E-state index contributed by atoms with van der Waals surface area (Å²) in [7, 11) is 0. The second kappa shape index (κ2) is 5.86. The molecular weight excluding hydrogens is 320 g/mol. The van der Waals surface area contributed by atoms with Gasteiger partial charge in [-0.3, -0.25) is 0 Å². The van der Waals surface area contributed by atoms with Gasteiger partial charge < -0.3 is 10.1 Å². The molecule has 1 aromatic rings. The highest BCUT2D eigenvalue weighted by molar-refractivity contribution is 9.10. The van der Waals surface area contributed by atoms with Crippen molar-refractivity contribution in [1.82, 2.24) is 5.32 Å². The molecular formula is C13H16BrF2NO2. The quantitative estimate of drug-likeness (QED) is 0.817. The van der Waals surface area contributed by atoms with Gasteiger partial charge in [0.15, 0.2) is 0 Å². The Hall–Kier alpha value is -1.17. The van der Waals surface area contributed by atoms with Crippen LogP contribution in [-0.2, 0) is 4.74 Å². The van der Waals surface area contributed by atoms with Crippen molar-refractivity contribution in [3.63, 3.8) is 0 Å². The summed E-state index contributed by atoms with van der Waals surface area (Å²) in [5, 5.41) is 2.60. The Morgan fingerprint density at radius 3 is 2.21 bits per heavy atom. The maximum atomic E-state index is 13.4. The van der Waals surface area contributed by atoms with Gasteiger partial charge in [-0.05, 0) is 61.3 Å². The summed E-state index contributed by atoms with van der Waals surface area (Å²) in [4.78, 5) is 11.5. The molecule has 0 fully saturated rings. The Morgan fingerprint density at radius 2 is 1.79 bits per heavy atom. The lowest BCUT2D eigenvalue weighted by Gasteiger charge is -2.22. The van der Waals surface area contributed by atoms with E-state index in [1.807, 2.05) is 0 Å². The molecule has 106 valence electrons. The highest BCUT2D eigenvalue weighted by Gasteiger charge is 2.19. The van der Waals surface area contributed by atoms with Crippen LogP contribution in [0.1, 0.15) is 39.4 Å². The molecule has 0 unspecified atom stereocenters.